The molecule has 0 aliphatic heterocycles. The van der Waals surface area contributed by atoms with Crippen molar-refractivity contribution in [3.63, 3.8) is 0 Å². The van der Waals surface area contributed by atoms with E-state index in [9.17, 15) is 9.59 Å². The van der Waals surface area contributed by atoms with Gasteiger partial charge in [-0.15, -0.1) is 11.8 Å². The number of hydrogen-bond donors (Lipinski definition) is 2. The number of carbonyl (C=O) groups excluding carboxylic acids is 2. The molecule has 0 fully saturated rings. The molecule has 2 N–H and O–H groups in total. The number of rotatable bonds is 7. The quantitative estimate of drug-likeness (QED) is 0.504. The van der Waals surface area contributed by atoms with Crippen molar-refractivity contribution in [1.82, 2.24) is 0 Å². The summed E-state index contributed by atoms with van der Waals surface area (Å²) in [6.07, 6.45) is 0. The van der Waals surface area contributed by atoms with E-state index in [-0.39, 0.29) is 17.1 Å². The summed E-state index contributed by atoms with van der Waals surface area (Å²) in [4.78, 5) is 25.9. The van der Waals surface area contributed by atoms with Crippen LogP contribution >= 0.6 is 11.8 Å². The Morgan fingerprint density at radius 1 is 0.833 bits per heavy atom. The van der Waals surface area contributed by atoms with Crippen molar-refractivity contribution in [2.24, 2.45) is 0 Å². The van der Waals surface area contributed by atoms with E-state index in [4.69, 9.17) is 4.74 Å². The van der Waals surface area contributed by atoms with Crippen molar-refractivity contribution in [2.45, 2.75) is 24.0 Å². The third-order valence-electron chi connectivity index (χ3n) is 4.47. The molecule has 0 aliphatic rings. The van der Waals surface area contributed by atoms with Gasteiger partial charge in [-0.2, -0.15) is 0 Å². The molecule has 0 saturated carbocycles. The smallest absolute Gasteiger partial charge is 0.255 e. The lowest BCUT2D eigenvalue weighted by atomic mass is 10.2. The van der Waals surface area contributed by atoms with Crippen LogP contribution in [0.5, 0.6) is 5.75 Å². The fourth-order valence-corrected chi connectivity index (χ4v) is 3.57. The molecule has 2 amide bonds. The van der Waals surface area contributed by atoms with Crippen LogP contribution in [0.15, 0.2) is 77.7 Å². The highest BCUT2D eigenvalue weighted by atomic mass is 32.2. The molecule has 1 atom stereocenters. The number of aryl methyl sites for hydroxylation is 1. The topological polar surface area (TPSA) is 67.4 Å². The molecule has 0 aromatic heterocycles. The number of anilines is 2. The molecule has 5 nitrogen and oxygen atoms in total. The van der Waals surface area contributed by atoms with Gasteiger partial charge in [0.05, 0.1) is 12.4 Å². The van der Waals surface area contributed by atoms with Crippen molar-refractivity contribution in [1.29, 1.82) is 0 Å². The zero-order valence-corrected chi connectivity index (χ0v) is 18.0. The third-order valence-corrected chi connectivity index (χ3v) is 5.58. The Balaban J connectivity index is 1.55. The molecule has 154 valence electrons. The Morgan fingerprint density at radius 3 is 2.00 bits per heavy atom. The average Bonchev–Trinajstić information content (AvgIpc) is 2.76. The highest BCUT2D eigenvalue weighted by Crippen LogP contribution is 2.24. The minimum absolute atomic E-state index is 0.0870. The van der Waals surface area contributed by atoms with Gasteiger partial charge in [0.2, 0.25) is 5.91 Å². The molecule has 30 heavy (non-hydrogen) atoms. The van der Waals surface area contributed by atoms with E-state index in [0.29, 0.717) is 16.9 Å². The Hall–Kier alpha value is -3.25. The number of carbonyl (C=O) groups is 2. The van der Waals surface area contributed by atoms with Crippen molar-refractivity contribution in [2.75, 3.05) is 17.7 Å². The van der Waals surface area contributed by atoms with Crippen molar-refractivity contribution in [3.05, 3.63) is 83.9 Å². The van der Waals surface area contributed by atoms with Crippen LogP contribution in [0.3, 0.4) is 0 Å². The van der Waals surface area contributed by atoms with Gasteiger partial charge in [-0.25, -0.2) is 0 Å². The number of benzene rings is 3. The molecule has 0 radical (unpaired) electrons. The summed E-state index contributed by atoms with van der Waals surface area (Å²) >= 11 is 1.51. The molecule has 0 heterocycles. The molecule has 3 aromatic rings. The molecule has 3 aromatic carbocycles. The fourth-order valence-electron chi connectivity index (χ4n) is 2.70. The Morgan fingerprint density at radius 2 is 1.40 bits per heavy atom. The Kier molecular flexibility index (Phi) is 7.14. The highest BCUT2D eigenvalue weighted by molar-refractivity contribution is 8.00. The third kappa shape index (κ3) is 5.87. The van der Waals surface area contributed by atoms with E-state index in [1.54, 1.807) is 55.6 Å². The monoisotopic (exact) mass is 420 g/mol. The van der Waals surface area contributed by atoms with Crippen LogP contribution in [-0.2, 0) is 4.79 Å². The molecule has 0 unspecified atom stereocenters. The standard InChI is InChI=1S/C24H24N2O3S/c1-16-4-14-22(15-5-16)30-17(2)23(27)25-19-8-6-18(7-9-19)24(28)26-20-10-12-21(29-3)13-11-20/h4-15,17H,1-3H3,(H,25,27)(H,26,28)/t17-/m0/s1. The molecule has 0 aliphatic carbocycles. The summed E-state index contributed by atoms with van der Waals surface area (Å²) < 4.78 is 5.11. The Labute approximate surface area is 180 Å². The van der Waals surface area contributed by atoms with Gasteiger partial charge < -0.3 is 15.4 Å². The number of hydrogen-bond acceptors (Lipinski definition) is 4. The number of nitrogens with one attached hydrogen (secondary N) is 2. The van der Waals surface area contributed by atoms with E-state index in [1.807, 2.05) is 38.1 Å². The molecule has 6 heteroatoms. The molecular weight excluding hydrogens is 396 g/mol. The van der Waals surface area contributed by atoms with Crippen LogP contribution in [0.4, 0.5) is 11.4 Å². The second-order valence-corrected chi connectivity index (χ2v) is 8.24. The predicted octanol–water partition coefficient (Wildman–Crippen LogP) is 5.38. The normalized spacial score (nSPS) is 11.4. The van der Waals surface area contributed by atoms with Crippen molar-refractivity contribution < 1.29 is 14.3 Å². The maximum Gasteiger partial charge on any atom is 0.255 e. The van der Waals surface area contributed by atoms with Gasteiger partial charge >= 0.3 is 0 Å². The maximum atomic E-state index is 12.5. The first-order valence-electron chi connectivity index (χ1n) is 9.54. The molecule has 0 bridgehead atoms. The zero-order valence-electron chi connectivity index (χ0n) is 17.1. The largest absolute Gasteiger partial charge is 0.497 e. The van der Waals surface area contributed by atoms with Crippen LogP contribution in [0.1, 0.15) is 22.8 Å². The highest BCUT2D eigenvalue weighted by Gasteiger charge is 2.15. The first-order valence-corrected chi connectivity index (χ1v) is 10.4. The van der Waals surface area contributed by atoms with Gasteiger partial charge in [0.25, 0.3) is 5.91 Å². The summed E-state index contributed by atoms with van der Waals surface area (Å²) in [6.45, 7) is 3.90. The van der Waals surface area contributed by atoms with Gasteiger partial charge in [-0.3, -0.25) is 9.59 Å². The van der Waals surface area contributed by atoms with E-state index in [2.05, 4.69) is 10.6 Å². The first-order chi connectivity index (χ1) is 14.4. The lowest BCUT2D eigenvalue weighted by Gasteiger charge is -2.13. The van der Waals surface area contributed by atoms with Gasteiger partial charge in [0, 0.05) is 21.8 Å². The number of ether oxygens (including phenoxy) is 1. The van der Waals surface area contributed by atoms with Crippen LogP contribution < -0.4 is 15.4 Å². The predicted molar refractivity (Wildman–Crippen MR) is 123 cm³/mol. The van der Waals surface area contributed by atoms with Crippen LogP contribution in [0.2, 0.25) is 0 Å². The second-order valence-electron chi connectivity index (χ2n) is 6.82. The van der Waals surface area contributed by atoms with E-state index >= 15 is 0 Å². The van der Waals surface area contributed by atoms with Crippen LogP contribution in [-0.4, -0.2) is 24.2 Å². The van der Waals surface area contributed by atoms with Gasteiger partial charge in [-0.05, 0) is 74.5 Å². The fraction of sp³-hybridized carbons (Fsp3) is 0.167. The van der Waals surface area contributed by atoms with Crippen LogP contribution in [0.25, 0.3) is 0 Å². The maximum absolute atomic E-state index is 12.5. The molecule has 3 rings (SSSR count). The molecule has 0 saturated heterocycles. The SMILES string of the molecule is COc1ccc(NC(=O)c2ccc(NC(=O)[C@H](C)Sc3ccc(C)cc3)cc2)cc1. The summed E-state index contributed by atoms with van der Waals surface area (Å²) in [6, 6.07) is 22.0. The van der Waals surface area contributed by atoms with E-state index in [1.165, 1.54) is 17.3 Å². The Bertz CT molecular complexity index is 1000. The van der Waals surface area contributed by atoms with Crippen LogP contribution in [0, 0.1) is 6.92 Å². The lowest BCUT2D eigenvalue weighted by Crippen LogP contribution is -2.22. The number of thioether (sulfide) groups is 1. The van der Waals surface area contributed by atoms with E-state index < -0.39 is 0 Å². The average molecular weight is 421 g/mol. The first kappa shape index (κ1) is 21.5. The van der Waals surface area contributed by atoms with Gasteiger partial charge in [-0.1, -0.05) is 17.7 Å². The van der Waals surface area contributed by atoms with Gasteiger partial charge in [0.15, 0.2) is 0 Å². The van der Waals surface area contributed by atoms with Gasteiger partial charge in [0.1, 0.15) is 5.75 Å². The minimum Gasteiger partial charge on any atom is -0.497 e. The molecular formula is C24H24N2O3S. The lowest BCUT2D eigenvalue weighted by molar-refractivity contribution is -0.115. The summed E-state index contributed by atoms with van der Waals surface area (Å²) in [5, 5.41) is 5.49. The molecule has 0 spiro atoms. The van der Waals surface area contributed by atoms with E-state index in [0.717, 1.165) is 10.6 Å². The summed E-state index contributed by atoms with van der Waals surface area (Å²) in [5.41, 5.74) is 3.02. The summed E-state index contributed by atoms with van der Waals surface area (Å²) in [7, 11) is 1.59. The second kappa shape index (κ2) is 9.98. The number of methoxy groups -OCH3 is 1. The number of amides is 2. The summed E-state index contributed by atoms with van der Waals surface area (Å²) in [5.74, 6) is 0.417. The minimum atomic E-state index is -0.245. The zero-order chi connectivity index (χ0) is 21.5. The van der Waals surface area contributed by atoms with Crippen molar-refractivity contribution >= 4 is 35.0 Å². The van der Waals surface area contributed by atoms with Crippen molar-refractivity contribution in [3.8, 4) is 5.75 Å².